The molecule has 5 heteroatoms. The fraction of sp³-hybridized carbons (Fsp3) is 0.905. The van der Waals surface area contributed by atoms with Crippen molar-refractivity contribution in [3.63, 3.8) is 0 Å². The molecule has 3 N–H and O–H groups in total. The normalized spacial score (nSPS) is 56.5. The van der Waals surface area contributed by atoms with Crippen LogP contribution in [0.25, 0.3) is 0 Å². The van der Waals surface area contributed by atoms with Gasteiger partial charge in [0, 0.05) is 18.3 Å². The number of aliphatic hydroxyl groups excluding tert-OH is 2. The SMILES string of the molecule is CC(=O)[C@@]1(O)CC[C@H]2[C@@H]3[C@H](O)[C@H](O)[C@H]4CC(=O)CC[C@]4(C)[C@H]3CC[C@@]21C. The van der Waals surface area contributed by atoms with Crippen LogP contribution in [0.1, 0.15) is 65.7 Å². The number of carbonyl (C=O) groups excluding carboxylic acids is 2. The highest BCUT2D eigenvalue weighted by Crippen LogP contribution is 2.68. The van der Waals surface area contributed by atoms with E-state index in [1.807, 2.05) is 6.92 Å². The van der Waals surface area contributed by atoms with Crippen LogP contribution in [0.3, 0.4) is 0 Å². The first-order chi connectivity index (χ1) is 12.1. The Hall–Kier alpha value is -0.780. The second kappa shape index (κ2) is 5.62. The summed E-state index contributed by atoms with van der Waals surface area (Å²) < 4.78 is 0. The van der Waals surface area contributed by atoms with Crippen molar-refractivity contribution in [2.75, 3.05) is 0 Å². The van der Waals surface area contributed by atoms with Crippen molar-refractivity contribution in [3.05, 3.63) is 0 Å². The molecule has 0 amide bonds. The largest absolute Gasteiger partial charge is 0.390 e. The van der Waals surface area contributed by atoms with E-state index in [1.165, 1.54) is 6.92 Å². The Bertz CT molecular complexity index is 646. The molecule has 0 aromatic heterocycles. The van der Waals surface area contributed by atoms with E-state index >= 15 is 0 Å². The zero-order valence-corrected chi connectivity index (χ0v) is 16.1. The summed E-state index contributed by atoms with van der Waals surface area (Å²) in [6.45, 7) is 5.65. The minimum atomic E-state index is -1.33. The van der Waals surface area contributed by atoms with E-state index in [4.69, 9.17) is 0 Å². The molecule has 0 aromatic carbocycles. The third-order valence-electron chi connectivity index (χ3n) is 9.31. The fourth-order valence-electron chi connectivity index (χ4n) is 7.65. The second-order valence-electron chi connectivity index (χ2n) is 10.0. The average Bonchev–Trinajstić information content (AvgIpc) is 2.87. The van der Waals surface area contributed by atoms with Gasteiger partial charge in [0.25, 0.3) is 0 Å². The molecule has 0 radical (unpaired) electrons. The molecule has 4 aliphatic rings. The van der Waals surface area contributed by atoms with Crippen LogP contribution in [0.5, 0.6) is 0 Å². The minimum absolute atomic E-state index is 0.0233. The molecule has 4 saturated carbocycles. The number of hydrogen-bond acceptors (Lipinski definition) is 5. The number of fused-ring (bicyclic) bond motifs is 5. The average molecular weight is 364 g/mol. The van der Waals surface area contributed by atoms with Gasteiger partial charge in [0.15, 0.2) is 5.78 Å². The van der Waals surface area contributed by atoms with Crippen molar-refractivity contribution < 1.29 is 24.9 Å². The summed E-state index contributed by atoms with van der Waals surface area (Å²) in [4.78, 5) is 24.3. The van der Waals surface area contributed by atoms with Crippen LogP contribution in [0.4, 0.5) is 0 Å². The molecular weight excluding hydrogens is 332 g/mol. The summed E-state index contributed by atoms with van der Waals surface area (Å²) in [5, 5.41) is 33.1. The van der Waals surface area contributed by atoms with Gasteiger partial charge in [-0.05, 0) is 68.1 Å². The molecule has 4 rings (SSSR count). The lowest BCUT2D eigenvalue weighted by atomic mass is 9.43. The topological polar surface area (TPSA) is 94.8 Å². The van der Waals surface area contributed by atoms with Gasteiger partial charge in [-0.15, -0.1) is 0 Å². The maximum atomic E-state index is 12.3. The molecular formula is C21H32O5. The number of Topliss-reactive ketones (excluding diaryl/α,β-unsaturated/α-hetero) is 2. The number of rotatable bonds is 1. The zero-order chi connectivity index (χ0) is 19.1. The van der Waals surface area contributed by atoms with Crippen LogP contribution in [-0.2, 0) is 9.59 Å². The van der Waals surface area contributed by atoms with Gasteiger partial charge in [-0.3, -0.25) is 9.59 Å². The maximum Gasteiger partial charge on any atom is 0.161 e. The fourth-order valence-corrected chi connectivity index (χ4v) is 7.65. The minimum Gasteiger partial charge on any atom is -0.390 e. The third kappa shape index (κ3) is 2.08. The van der Waals surface area contributed by atoms with Gasteiger partial charge >= 0.3 is 0 Å². The monoisotopic (exact) mass is 364 g/mol. The van der Waals surface area contributed by atoms with Crippen molar-refractivity contribution in [3.8, 4) is 0 Å². The molecule has 0 saturated heterocycles. The lowest BCUT2D eigenvalue weighted by Crippen LogP contribution is -2.65. The molecule has 0 bridgehead atoms. The van der Waals surface area contributed by atoms with Crippen LogP contribution in [0, 0.1) is 34.5 Å². The van der Waals surface area contributed by atoms with Gasteiger partial charge in [-0.1, -0.05) is 13.8 Å². The van der Waals surface area contributed by atoms with Gasteiger partial charge < -0.3 is 15.3 Å². The van der Waals surface area contributed by atoms with Gasteiger partial charge in [-0.25, -0.2) is 0 Å². The molecule has 0 aliphatic heterocycles. The molecule has 5 nitrogen and oxygen atoms in total. The molecule has 4 aliphatic carbocycles. The van der Waals surface area contributed by atoms with Crippen molar-refractivity contribution in [1.29, 1.82) is 0 Å². The summed E-state index contributed by atoms with van der Waals surface area (Å²) >= 11 is 0. The first-order valence-electron chi connectivity index (χ1n) is 10.2. The van der Waals surface area contributed by atoms with Gasteiger partial charge in [-0.2, -0.15) is 0 Å². The Balaban J connectivity index is 1.74. The van der Waals surface area contributed by atoms with E-state index < -0.39 is 23.2 Å². The van der Waals surface area contributed by atoms with Crippen LogP contribution < -0.4 is 0 Å². The first-order valence-corrected chi connectivity index (χ1v) is 10.2. The highest BCUT2D eigenvalue weighted by atomic mass is 16.3. The highest BCUT2D eigenvalue weighted by Gasteiger charge is 2.69. The van der Waals surface area contributed by atoms with E-state index in [0.29, 0.717) is 25.7 Å². The molecule has 0 spiro atoms. The van der Waals surface area contributed by atoms with E-state index in [-0.39, 0.29) is 40.7 Å². The first kappa shape index (κ1) is 18.6. The van der Waals surface area contributed by atoms with E-state index in [2.05, 4.69) is 6.92 Å². The number of carbonyl (C=O) groups is 2. The van der Waals surface area contributed by atoms with Crippen molar-refractivity contribution in [1.82, 2.24) is 0 Å². The molecule has 4 fully saturated rings. The Kier molecular flexibility index (Phi) is 4.01. The summed E-state index contributed by atoms with van der Waals surface area (Å²) in [7, 11) is 0. The molecule has 0 unspecified atom stereocenters. The van der Waals surface area contributed by atoms with E-state index in [9.17, 15) is 24.9 Å². The van der Waals surface area contributed by atoms with Crippen LogP contribution in [0.2, 0.25) is 0 Å². The van der Waals surface area contributed by atoms with Gasteiger partial charge in [0.05, 0.1) is 12.2 Å². The summed E-state index contributed by atoms with van der Waals surface area (Å²) in [5.74, 6) is -0.0468. The van der Waals surface area contributed by atoms with E-state index in [1.54, 1.807) is 0 Å². The number of aliphatic hydroxyl groups is 3. The summed E-state index contributed by atoms with van der Waals surface area (Å²) in [5.41, 5.74) is -2.03. The summed E-state index contributed by atoms with van der Waals surface area (Å²) in [6.07, 6.45) is 2.62. The lowest BCUT2D eigenvalue weighted by molar-refractivity contribution is -0.222. The van der Waals surface area contributed by atoms with Crippen molar-refractivity contribution >= 4 is 11.6 Å². The smallest absolute Gasteiger partial charge is 0.161 e. The Morgan fingerprint density at radius 2 is 1.65 bits per heavy atom. The Labute approximate surface area is 155 Å². The number of hydrogen-bond donors (Lipinski definition) is 3. The zero-order valence-electron chi connectivity index (χ0n) is 16.1. The second-order valence-corrected chi connectivity index (χ2v) is 10.0. The Morgan fingerprint density at radius 1 is 1.00 bits per heavy atom. The van der Waals surface area contributed by atoms with Crippen LogP contribution in [0.15, 0.2) is 0 Å². The predicted octanol–water partition coefficient (Wildman–Crippen LogP) is 1.86. The highest BCUT2D eigenvalue weighted by molar-refractivity contribution is 5.86. The van der Waals surface area contributed by atoms with Gasteiger partial charge in [0.1, 0.15) is 11.4 Å². The maximum absolute atomic E-state index is 12.3. The molecule has 26 heavy (non-hydrogen) atoms. The lowest BCUT2D eigenvalue weighted by Gasteiger charge is -2.63. The molecule has 0 aromatic rings. The quantitative estimate of drug-likeness (QED) is 0.660. The predicted molar refractivity (Wildman–Crippen MR) is 95.1 cm³/mol. The van der Waals surface area contributed by atoms with Gasteiger partial charge in [0.2, 0.25) is 0 Å². The van der Waals surface area contributed by atoms with E-state index in [0.717, 1.165) is 19.3 Å². The number of ketones is 2. The molecule has 9 atom stereocenters. The molecule has 146 valence electrons. The van der Waals surface area contributed by atoms with Crippen molar-refractivity contribution in [2.24, 2.45) is 34.5 Å². The third-order valence-corrected chi connectivity index (χ3v) is 9.31. The Morgan fingerprint density at radius 3 is 2.31 bits per heavy atom. The molecule has 0 heterocycles. The summed E-state index contributed by atoms with van der Waals surface area (Å²) in [6, 6.07) is 0. The van der Waals surface area contributed by atoms with Crippen LogP contribution in [-0.4, -0.2) is 44.7 Å². The van der Waals surface area contributed by atoms with Crippen molar-refractivity contribution in [2.45, 2.75) is 83.5 Å². The standard InChI is InChI=1S/C21H32O5/c1-11(22)21(26)9-6-14-16-13(5-8-20(14,21)3)19(2)7-4-12(23)10-15(19)17(24)18(16)25/h13-18,24-26H,4-10H2,1-3H3/t13-,14-,15+,16+,17+,18-,19+,20-,21-/m0/s1. The van der Waals surface area contributed by atoms with Crippen LogP contribution >= 0.6 is 0 Å².